The Kier molecular flexibility index (Phi) is 4.80. The first-order chi connectivity index (χ1) is 8.65. The summed E-state index contributed by atoms with van der Waals surface area (Å²) < 4.78 is 0.998. The first-order valence-electron chi connectivity index (χ1n) is 5.65. The van der Waals surface area contributed by atoms with E-state index >= 15 is 0 Å². The van der Waals surface area contributed by atoms with Crippen LogP contribution in [0.2, 0.25) is 0 Å². The molecular formula is C14H14BrNOS. The van der Waals surface area contributed by atoms with Crippen LogP contribution in [0, 0.1) is 0 Å². The van der Waals surface area contributed by atoms with Crippen LogP contribution < -0.4 is 0 Å². The van der Waals surface area contributed by atoms with Crippen LogP contribution in [0.4, 0.5) is 0 Å². The van der Waals surface area contributed by atoms with Crippen LogP contribution in [0.15, 0.2) is 52.1 Å². The van der Waals surface area contributed by atoms with Crippen molar-refractivity contribution in [2.75, 3.05) is 0 Å². The van der Waals surface area contributed by atoms with E-state index in [1.807, 2.05) is 24.4 Å². The van der Waals surface area contributed by atoms with Gasteiger partial charge < -0.3 is 5.11 Å². The molecule has 1 atom stereocenters. The van der Waals surface area contributed by atoms with Crippen molar-refractivity contribution in [3.05, 3.63) is 58.3 Å². The van der Waals surface area contributed by atoms with Gasteiger partial charge in [-0.3, -0.25) is 4.98 Å². The van der Waals surface area contributed by atoms with Gasteiger partial charge in [0.25, 0.3) is 0 Å². The molecule has 94 valence electrons. The first-order valence-corrected chi connectivity index (χ1v) is 7.43. The summed E-state index contributed by atoms with van der Waals surface area (Å²) in [6.45, 7) is 1.78. The van der Waals surface area contributed by atoms with Gasteiger partial charge >= 0.3 is 0 Å². The van der Waals surface area contributed by atoms with Crippen molar-refractivity contribution in [1.29, 1.82) is 0 Å². The minimum atomic E-state index is -0.418. The number of hydrogen-bond donors (Lipinski definition) is 1. The molecule has 1 aromatic carbocycles. The number of aliphatic hydroxyl groups excluding tert-OH is 1. The lowest BCUT2D eigenvalue weighted by molar-refractivity contribution is 0.199. The summed E-state index contributed by atoms with van der Waals surface area (Å²) in [4.78, 5) is 5.30. The number of rotatable bonds is 4. The molecule has 2 aromatic rings. The highest BCUT2D eigenvalue weighted by molar-refractivity contribution is 9.10. The van der Waals surface area contributed by atoms with E-state index in [1.54, 1.807) is 24.9 Å². The van der Waals surface area contributed by atoms with Gasteiger partial charge in [0.05, 0.1) is 6.10 Å². The molecule has 0 amide bonds. The standard InChI is InChI=1S/C14H14BrNOS/c1-10(17)12-3-2-4-14(6-12)18-9-11-5-13(15)8-16-7-11/h2-8,10,17H,9H2,1H3. The highest BCUT2D eigenvalue weighted by atomic mass is 79.9. The Morgan fingerprint density at radius 1 is 1.33 bits per heavy atom. The second kappa shape index (κ2) is 6.36. The summed E-state index contributed by atoms with van der Waals surface area (Å²) in [5.74, 6) is 0.871. The number of benzene rings is 1. The Bertz CT molecular complexity index is 531. The van der Waals surface area contributed by atoms with Crippen molar-refractivity contribution >= 4 is 27.7 Å². The molecule has 0 aliphatic heterocycles. The molecule has 0 bridgehead atoms. The second-order valence-corrected chi connectivity index (χ2v) is 6.01. The first kappa shape index (κ1) is 13.6. The van der Waals surface area contributed by atoms with E-state index in [2.05, 4.69) is 33.0 Å². The molecule has 0 fully saturated rings. The van der Waals surface area contributed by atoms with E-state index in [-0.39, 0.29) is 0 Å². The molecule has 0 aliphatic carbocycles. The van der Waals surface area contributed by atoms with Gasteiger partial charge in [0.15, 0.2) is 0 Å². The van der Waals surface area contributed by atoms with Crippen molar-refractivity contribution in [1.82, 2.24) is 4.98 Å². The minimum absolute atomic E-state index is 0.418. The Balaban J connectivity index is 2.04. The van der Waals surface area contributed by atoms with Crippen LogP contribution >= 0.6 is 27.7 Å². The van der Waals surface area contributed by atoms with Gasteiger partial charge in [0.2, 0.25) is 0 Å². The van der Waals surface area contributed by atoms with Crippen LogP contribution in [-0.2, 0) is 5.75 Å². The molecule has 2 rings (SSSR count). The lowest BCUT2D eigenvalue weighted by Crippen LogP contribution is -1.90. The van der Waals surface area contributed by atoms with Crippen LogP contribution in [-0.4, -0.2) is 10.1 Å². The van der Waals surface area contributed by atoms with Crippen molar-refractivity contribution in [2.24, 2.45) is 0 Å². The summed E-state index contributed by atoms with van der Waals surface area (Å²) in [5, 5.41) is 9.54. The quantitative estimate of drug-likeness (QED) is 0.856. The highest BCUT2D eigenvalue weighted by Gasteiger charge is 2.03. The van der Waals surface area contributed by atoms with E-state index in [0.717, 1.165) is 20.7 Å². The normalized spacial score (nSPS) is 12.4. The molecule has 1 unspecified atom stereocenters. The average Bonchev–Trinajstić information content (AvgIpc) is 2.37. The summed E-state index contributed by atoms with van der Waals surface area (Å²) >= 11 is 5.16. The molecular weight excluding hydrogens is 310 g/mol. The maximum Gasteiger partial charge on any atom is 0.0762 e. The number of nitrogens with zero attached hydrogens (tertiary/aromatic N) is 1. The number of aliphatic hydroxyl groups is 1. The Labute approximate surface area is 120 Å². The molecule has 1 N–H and O–H groups in total. The lowest BCUT2D eigenvalue weighted by atomic mass is 10.1. The van der Waals surface area contributed by atoms with Gasteiger partial charge in [-0.15, -0.1) is 11.8 Å². The fourth-order valence-corrected chi connectivity index (χ4v) is 2.86. The highest BCUT2D eigenvalue weighted by Crippen LogP contribution is 2.26. The number of thioether (sulfide) groups is 1. The van der Waals surface area contributed by atoms with Crippen LogP contribution in [0.3, 0.4) is 0 Å². The maximum atomic E-state index is 9.54. The molecule has 0 spiro atoms. The maximum absolute atomic E-state index is 9.54. The molecule has 1 heterocycles. The van der Waals surface area contributed by atoms with Crippen LogP contribution in [0.25, 0.3) is 0 Å². The Hall–Kier alpha value is -0.840. The zero-order valence-corrected chi connectivity index (χ0v) is 12.4. The predicted octanol–water partition coefficient (Wildman–Crippen LogP) is 4.19. The molecule has 1 aromatic heterocycles. The third-order valence-corrected chi connectivity index (χ3v) is 4.01. The van der Waals surface area contributed by atoms with E-state index in [9.17, 15) is 5.11 Å². The van der Waals surface area contributed by atoms with E-state index in [4.69, 9.17) is 0 Å². The van der Waals surface area contributed by atoms with E-state index in [1.165, 1.54) is 5.56 Å². The van der Waals surface area contributed by atoms with Crippen molar-refractivity contribution in [2.45, 2.75) is 23.7 Å². The topological polar surface area (TPSA) is 33.1 Å². The van der Waals surface area contributed by atoms with Crippen molar-refractivity contribution in [3.8, 4) is 0 Å². The molecule has 4 heteroatoms. The SMILES string of the molecule is CC(O)c1cccc(SCc2cncc(Br)c2)c1. The van der Waals surface area contributed by atoms with E-state index < -0.39 is 6.10 Å². The zero-order valence-electron chi connectivity index (χ0n) is 10.0. The summed E-state index contributed by atoms with van der Waals surface area (Å²) in [6, 6.07) is 10.1. The number of aromatic nitrogens is 1. The van der Waals surface area contributed by atoms with Gasteiger partial charge in [-0.25, -0.2) is 0 Å². The monoisotopic (exact) mass is 323 g/mol. The fourth-order valence-electron chi connectivity index (χ4n) is 1.57. The largest absolute Gasteiger partial charge is 0.389 e. The second-order valence-electron chi connectivity index (χ2n) is 4.05. The molecule has 0 saturated heterocycles. The third kappa shape index (κ3) is 3.83. The molecule has 0 saturated carbocycles. The van der Waals surface area contributed by atoms with Gasteiger partial charge in [-0.1, -0.05) is 12.1 Å². The number of halogens is 1. The summed E-state index contributed by atoms with van der Waals surface area (Å²) in [7, 11) is 0. The van der Waals surface area contributed by atoms with Gasteiger partial charge in [-0.05, 0) is 52.2 Å². The molecule has 2 nitrogen and oxygen atoms in total. The van der Waals surface area contributed by atoms with Crippen molar-refractivity contribution < 1.29 is 5.11 Å². The molecule has 0 radical (unpaired) electrons. The van der Waals surface area contributed by atoms with E-state index in [0.29, 0.717) is 0 Å². The molecule has 0 aliphatic rings. The Morgan fingerprint density at radius 2 is 2.17 bits per heavy atom. The predicted molar refractivity (Wildman–Crippen MR) is 78.6 cm³/mol. The van der Waals surface area contributed by atoms with Gasteiger partial charge in [0.1, 0.15) is 0 Å². The number of pyridine rings is 1. The fraction of sp³-hybridized carbons (Fsp3) is 0.214. The molecule has 18 heavy (non-hydrogen) atoms. The van der Waals surface area contributed by atoms with Gasteiger partial charge in [0, 0.05) is 27.5 Å². The zero-order chi connectivity index (χ0) is 13.0. The third-order valence-electron chi connectivity index (χ3n) is 2.51. The van der Waals surface area contributed by atoms with Crippen molar-refractivity contribution in [3.63, 3.8) is 0 Å². The lowest BCUT2D eigenvalue weighted by Gasteiger charge is -2.07. The van der Waals surface area contributed by atoms with Crippen LogP contribution in [0.1, 0.15) is 24.2 Å². The van der Waals surface area contributed by atoms with Crippen LogP contribution in [0.5, 0.6) is 0 Å². The smallest absolute Gasteiger partial charge is 0.0762 e. The summed E-state index contributed by atoms with van der Waals surface area (Å²) in [6.07, 6.45) is 3.23. The number of hydrogen-bond acceptors (Lipinski definition) is 3. The van der Waals surface area contributed by atoms with Gasteiger partial charge in [-0.2, -0.15) is 0 Å². The average molecular weight is 324 g/mol. The minimum Gasteiger partial charge on any atom is -0.389 e. The Morgan fingerprint density at radius 3 is 2.89 bits per heavy atom. The summed E-state index contributed by atoms with van der Waals surface area (Å²) in [5.41, 5.74) is 2.13.